The molecule has 1 aliphatic rings. The Balaban J connectivity index is 1.50. The highest BCUT2D eigenvalue weighted by Crippen LogP contribution is 2.51. The minimum atomic E-state index is -4.23. The first-order chi connectivity index (χ1) is 17.6. The molecule has 8 nitrogen and oxygen atoms in total. The van der Waals surface area contributed by atoms with Gasteiger partial charge in [-0.2, -0.15) is 0 Å². The lowest BCUT2D eigenvalue weighted by Gasteiger charge is -2.49. The highest BCUT2D eigenvalue weighted by molar-refractivity contribution is 7.52. The van der Waals surface area contributed by atoms with Crippen LogP contribution in [0.1, 0.15) is 60.2 Å². The van der Waals surface area contributed by atoms with E-state index in [2.05, 4.69) is 5.32 Å². The van der Waals surface area contributed by atoms with E-state index in [0.717, 1.165) is 10.4 Å². The third-order valence-electron chi connectivity index (χ3n) is 7.41. The van der Waals surface area contributed by atoms with E-state index < -0.39 is 18.8 Å². The van der Waals surface area contributed by atoms with Gasteiger partial charge in [0.25, 0.3) is 11.8 Å². The van der Waals surface area contributed by atoms with Crippen molar-refractivity contribution in [2.45, 2.75) is 50.7 Å². The zero-order chi connectivity index (χ0) is 26.8. The average molecular weight is 542 g/mol. The topological polar surface area (TPSA) is 133 Å². The van der Waals surface area contributed by atoms with Crippen molar-refractivity contribution in [3.63, 3.8) is 0 Å². The number of thiophene rings is 1. The first-order valence-corrected chi connectivity index (χ1v) is 14.9. The molecule has 1 fully saturated rings. The van der Waals surface area contributed by atoms with Crippen LogP contribution in [0.4, 0.5) is 11.4 Å². The number of nitrogens with one attached hydrogen (secondary N) is 1. The number of nitrogen functional groups attached to an aromatic ring is 1. The number of nitrogens with two attached hydrogens (primary N) is 1. The lowest BCUT2D eigenvalue weighted by Crippen LogP contribution is -2.57. The van der Waals surface area contributed by atoms with Gasteiger partial charge in [-0.1, -0.05) is 26.0 Å². The summed E-state index contributed by atoms with van der Waals surface area (Å²) in [6.45, 7) is 4.16. The normalized spacial score (nSPS) is 17.4. The molecule has 1 atom stereocenters. The Bertz CT molecular complexity index is 1320. The maximum Gasteiger partial charge on any atom is 0.328 e. The third-order valence-corrected chi connectivity index (χ3v) is 9.72. The second-order valence-corrected chi connectivity index (χ2v) is 12.3. The summed E-state index contributed by atoms with van der Waals surface area (Å²) in [6.07, 6.45) is 1.71. The number of carbonyl (C=O) groups is 2. The second kappa shape index (κ2) is 10.8. The highest BCUT2D eigenvalue weighted by atomic mass is 32.1. The van der Waals surface area contributed by atoms with Crippen molar-refractivity contribution in [3.8, 4) is 10.4 Å². The van der Waals surface area contributed by atoms with Crippen LogP contribution in [0.3, 0.4) is 0 Å². The van der Waals surface area contributed by atoms with Gasteiger partial charge >= 0.3 is 7.60 Å². The van der Waals surface area contributed by atoms with Crippen LogP contribution in [-0.4, -0.2) is 44.2 Å². The Labute approximate surface area is 220 Å². The third kappa shape index (κ3) is 5.65. The molecule has 10 heteroatoms. The largest absolute Gasteiger partial charge is 0.397 e. The fourth-order valence-corrected chi connectivity index (χ4v) is 6.82. The summed E-state index contributed by atoms with van der Waals surface area (Å²) in [5.41, 5.74) is 7.46. The smallest absolute Gasteiger partial charge is 0.328 e. The molecule has 0 aliphatic carbocycles. The van der Waals surface area contributed by atoms with Crippen LogP contribution in [0.15, 0.2) is 60.0 Å². The maximum absolute atomic E-state index is 13.5. The Morgan fingerprint density at radius 3 is 2.38 bits per heavy atom. The summed E-state index contributed by atoms with van der Waals surface area (Å²) < 4.78 is 11.9. The minimum absolute atomic E-state index is 0.201. The van der Waals surface area contributed by atoms with Gasteiger partial charge in [-0.3, -0.25) is 14.2 Å². The number of rotatable bonds is 7. The quantitative estimate of drug-likeness (QED) is 0.228. The molecule has 0 bridgehead atoms. The van der Waals surface area contributed by atoms with Crippen LogP contribution in [-0.2, 0) is 4.57 Å². The van der Waals surface area contributed by atoms with Gasteiger partial charge in [0.2, 0.25) is 0 Å². The number of nitrogens with zero attached hydrogens (tertiary/aromatic N) is 1. The fourth-order valence-electron chi connectivity index (χ4n) is 5.07. The van der Waals surface area contributed by atoms with E-state index in [-0.39, 0.29) is 31.2 Å². The molecular weight excluding hydrogens is 509 g/mol. The number of amides is 2. The van der Waals surface area contributed by atoms with Crippen molar-refractivity contribution in [2.75, 3.05) is 17.6 Å². The van der Waals surface area contributed by atoms with Gasteiger partial charge in [0, 0.05) is 28.1 Å². The van der Waals surface area contributed by atoms with E-state index in [1.165, 1.54) is 0 Å². The van der Waals surface area contributed by atoms with Crippen molar-refractivity contribution in [1.29, 1.82) is 0 Å². The van der Waals surface area contributed by atoms with Crippen LogP contribution in [0.5, 0.6) is 0 Å². The fraction of sp³-hybridized carbons (Fsp3) is 0.333. The Hall–Kier alpha value is -2.97. The molecule has 1 aromatic heterocycles. The van der Waals surface area contributed by atoms with Gasteiger partial charge < -0.3 is 25.7 Å². The average Bonchev–Trinajstić information content (AvgIpc) is 3.44. The summed E-state index contributed by atoms with van der Waals surface area (Å²) in [6, 6.07) is 15.9. The zero-order valence-corrected chi connectivity index (χ0v) is 22.6. The van der Waals surface area contributed by atoms with Crippen LogP contribution in [0.2, 0.25) is 0 Å². The number of hydrogen-bond acceptors (Lipinski definition) is 5. The highest BCUT2D eigenvalue weighted by Gasteiger charge is 2.47. The molecule has 3 aromatic rings. The standard InChI is InChI=1S/C27H32N3O5PS/c1-3-27(4-2)17-21(36(33,34)35)13-14-30(27)26(32)19-9-7-18(8-10-19)25(31)29-23-16-20(11-12-22(23)28)24-6-5-15-37-24/h5-12,15-16,21H,3-4,13-14,17,28H2,1-2H3,(H,29,31)(H2,33,34,35). The van der Waals surface area contributed by atoms with Gasteiger partial charge in [0.05, 0.1) is 17.0 Å². The minimum Gasteiger partial charge on any atom is -0.397 e. The number of likely N-dealkylation sites (tertiary alicyclic amines) is 1. The van der Waals surface area contributed by atoms with Gasteiger partial charge in [0.15, 0.2) is 0 Å². The van der Waals surface area contributed by atoms with E-state index >= 15 is 0 Å². The summed E-state index contributed by atoms with van der Waals surface area (Å²) in [4.78, 5) is 48.7. The van der Waals surface area contributed by atoms with Gasteiger partial charge in [-0.25, -0.2) is 0 Å². The van der Waals surface area contributed by atoms with E-state index in [9.17, 15) is 23.9 Å². The summed E-state index contributed by atoms with van der Waals surface area (Å²) in [5.74, 6) is -0.541. The summed E-state index contributed by atoms with van der Waals surface area (Å²) in [5, 5.41) is 4.85. The zero-order valence-electron chi connectivity index (χ0n) is 20.9. The van der Waals surface area contributed by atoms with Crippen molar-refractivity contribution in [1.82, 2.24) is 4.90 Å². The van der Waals surface area contributed by atoms with Crippen LogP contribution < -0.4 is 11.1 Å². The molecule has 0 saturated carbocycles. The molecule has 2 amide bonds. The number of piperidine rings is 1. The lowest BCUT2D eigenvalue weighted by molar-refractivity contribution is 0.0268. The second-order valence-electron chi connectivity index (χ2n) is 9.43. The maximum atomic E-state index is 13.5. The first kappa shape index (κ1) is 27.1. The molecule has 37 heavy (non-hydrogen) atoms. The number of anilines is 2. The van der Waals surface area contributed by atoms with Crippen molar-refractivity contribution in [2.24, 2.45) is 0 Å². The summed E-state index contributed by atoms with van der Waals surface area (Å²) in [7, 11) is -4.23. The van der Waals surface area contributed by atoms with Crippen molar-refractivity contribution in [3.05, 3.63) is 71.1 Å². The van der Waals surface area contributed by atoms with Crippen molar-refractivity contribution < 1.29 is 23.9 Å². The number of carbonyl (C=O) groups excluding carboxylic acids is 2. The SMILES string of the molecule is CCC1(CC)CC(P(=O)(O)O)CCN1C(=O)c1ccc(C(=O)Nc2cc(-c3cccs3)ccc2N)cc1. The first-order valence-electron chi connectivity index (χ1n) is 12.3. The van der Waals surface area contributed by atoms with Crippen LogP contribution in [0.25, 0.3) is 10.4 Å². The Kier molecular flexibility index (Phi) is 7.90. The monoisotopic (exact) mass is 541 g/mol. The molecule has 1 aliphatic heterocycles. The molecule has 196 valence electrons. The molecule has 4 rings (SSSR count). The molecule has 2 aromatic carbocycles. The van der Waals surface area contributed by atoms with Crippen LogP contribution in [0, 0.1) is 0 Å². The van der Waals surface area contributed by atoms with Crippen molar-refractivity contribution >= 4 is 42.1 Å². The molecule has 5 N–H and O–H groups in total. The van der Waals surface area contributed by atoms with E-state index in [1.54, 1.807) is 46.6 Å². The Morgan fingerprint density at radius 2 is 1.78 bits per heavy atom. The molecule has 2 heterocycles. The lowest BCUT2D eigenvalue weighted by atomic mass is 9.81. The predicted molar refractivity (Wildman–Crippen MR) is 148 cm³/mol. The Morgan fingerprint density at radius 1 is 1.11 bits per heavy atom. The molecular formula is C27H32N3O5PS. The van der Waals surface area contributed by atoms with E-state index in [1.807, 2.05) is 43.5 Å². The summed E-state index contributed by atoms with van der Waals surface area (Å²) >= 11 is 1.60. The van der Waals surface area contributed by atoms with E-state index in [0.29, 0.717) is 35.3 Å². The molecule has 0 radical (unpaired) electrons. The number of benzene rings is 2. The van der Waals surface area contributed by atoms with Gasteiger partial charge in [-0.15, -0.1) is 11.3 Å². The number of hydrogen-bond donors (Lipinski definition) is 4. The van der Waals surface area contributed by atoms with Crippen LogP contribution >= 0.6 is 18.9 Å². The molecule has 1 saturated heterocycles. The predicted octanol–water partition coefficient (Wildman–Crippen LogP) is 5.59. The van der Waals surface area contributed by atoms with Gasteiger partial charge in [0.1, 0.15) is 0 Å². The molecule has 0 spiro atoms. The van der Waals surface area contributed by atoms with Gasteiger partial charge in [-0.05, 0) is 79.1 Å². The van der Waals surface area contributed by atoms with E-state index in [4.69, 9.17) is 5.73 Å². The molecule has 1 unspecified atom stereocenters.